The van der Waals surface area contributed by atoms with E-state index in [1.807, 2.05) is 24.3 Å². The highest BCUT2D eigenvalue weighted by Crippen LogP contribution is 2.24. The second-order valence-corrected chi connectivity index (χ2v) is 6.70. The van der Waals surface area contributed by atoms with Crippen LogP contribution < -0.4 is 10.6 Å². The van der Waals surface area contributed by atoms with E-state index < -0.39 is 6.04 Å². The van der Waals surface area contributed by atoms with Gasteiger partial charge in [0.15, 0.2) is 0 Å². The van der Waals surface area contributed by atoms with Crippen LogP contribution in [-0.4, -0.2) is 26.7 Å². The van der Waals surface area contributed by atoms with Crippen molar-refractivity contribution < 1.29 is 9.18 Å². The van der Waals surface area contributed by atoms with Gasteiger partial charge in [0.05, 0.1) is 6.54 Å². The van der Waals surface area contributed by atoms with Gasteiger partial charge in [-0.1, -0.05) is 24.3 Å². The van der Waals surface area contributed by atoms with Gasteiger partial charge in [-0.3, -0.25) is 4.79 Å². The number of nitrogens with one attached hydrogen (secondary N) is 2. The van der Waals surface area contributed by atoms with E-state index in [-0.39, 0.29) is 17.8 Å². The van der Waals surface area contributed by atoms with Gasteiger partial charge in [0.25, 0.3) is 0 Å². The van der Waals surface area contributed by atoms with Crippen LogP contribution in [0.2, 0.25) is 0 Å². The number of rotatable bonds is 7. The average molecular weight is 365 g/mol. The quantitative estimate of drug-likeness (QED) is 0.675. The fraction of sp³-hybridized carbons (Fsp3) is 0.250. The van der Waals surface area contributed by atoms with Gasteiger partial charge in [0, 0.05) is 11.7 Å². The summed E-state index contributed by atoms with van der Waals surface area (Å²) in [5.41, 5.74) is 2.62. The number of aromatic nitrogens is 3. The van der Waals surface area contributed by atoms with E-state index in [0.717, 1.165) is 29.7 Å². The number of anilines is 1. The highest BCUT2D eigenvalue weighted by Gasteiger charge is 2.28. The highest BCUT2D eigenvalue weighted by atomic mass is 19.1. The maximum absolute atomic E-state index is 13.3. The lowest BCUT2D eigenvalue weighted by Crippen LogP contribution is -2.34. The van der Waals surface area contributed by atoms with Crippen molar-refractivity contribution in [1.29, 1.82) is 0 Å². The summed E-state index contributed by atoms with van der Waals surface area (Å²) in [6.07, 6.45) is 5.19. The summed E-state index contributed by atoms with van der Waals surface area (Å²) in [6, 6.07) is 13.5. The third kappa shape index (κ3) is 4.49. The van der Waals surface area contributed by atoms with Gasteiger partial charge in [-0.25, -0.2) is 14.1 Å². The number of carbonyl (C=O) groups excluding carboxylic acids is 1. The monoisotopic (exact) mass is 365 g/mol. The van der Waals surface area contributed by atoms with Crippen LogP contribution in [0.4, 0.5) is 10.1 Å². The van der Waals surface area contributed by atoms with Gasteiger partial charge in [0.1, 0.15) is 24.5 Å². The first-order valence-electron chi connectivity index (χ1n) is 8.91. The highest BCUT2D eigenvalue weighted by molar-refractivity contribution is 5.86. The molecule has 0 radical (unpaired) electrons. The van der Waals surface area contributed by atoms with Crippen molar-refractivity contribution in [3.8, 4) is 0 Å². The Balaban J connectivity index is 1.49. The minimum absolute atomic E-state index is 0.101. The zero-order chi connectivity index (χ0) is 18.6. The van der Waals surface area contributed by atoms with E-state index in [1.165, 1.54) is 18.5 Å². The van der Waals surface area contributed by atoms with Gasteiger partial charge >= 0.3 is 0 Å². The number of benzene rings is 2. The average Bonchev–Trinajstić information content (AvgIpc) is 3.34. The van der Waals surface area contributed by atoms with Crippen LogP contribution in [0.25, 0.3) is 0 Å². The number of hydrogen-bond acceptors (Lipinski definition) is 4. The largest absolute Gasteiger partial charge is 0.370 e. The minimum Gasteiger partial charge on any atom is -0.370 e. The maximum atomic E-state index is 13.3. The van der Waals surface area contributed by atoms with Crippen molar-refractivity contribution in [3.05, 3.63) is 78.1 Å². The molecule has 1 atom stereocenters. The van der Waals surface area contributed by atoms with Crippen LogP contribution >= 0.6 is 0 Å². The Morgan fingerprint density at radius 3 is 2.52 bits per heavy atom. The van der Waals surface area contributed by atoms with Crippen LogP contribution in [0.1, 0.15) is 30.0 Å². The lowest BCUT2D eigenvalue weighted by atomic mass is 10.1. The Labute approximate surface area is 156 Å². The second-order valence-electron chi connectivity index (χ2n) is 6.70. The van der Waals surface area contributed by atoms with Crippen molar-refractivity contribution in [2.24, 2.45) is 0 Å². The molecule has 1 aliphatic carbocycles. The normalized spacial score (nSPS) is 14.6. The SMILES string of the molecule is O=C(NC1CC1)C(Nc1ccc(Cn2cncn2)cc1)c1ccc(F)cc1. The molecule has 0 spiro atoms. The molecule has 1 amide bonds. The van der Waals surface area contributed by atoms with Crippen LogP contribution in [0.15, 0.2) is 61.2 Å². The third-order valence-electron chi connectivity index (χ3n) is 4.47. The molecule has 4 rings (SSSR count). The van der Waals surface area contributed by atoms with Crippen LogP contribution in [0.5, 0.6) is 0 Å². The summed E-state index contributed by atoms with van der Waals surface area (Å²) < 4.78 is 15.0. The molecule has 27 heavy (non-hydrogen) atoms. The van der Waals surface area contributed by atoms with Gasteiger partial charge in [-0.15, -0.1) is 0 Å². The van der Waals surface area contributed by atoms with E-state index in [1.54, 1.807) is 23.1 Å². The standard InChI is InChI=1S/C20H20FN5O/c21-16-5-3-15(4-6-16)19(20(27)25-18-9-10-18)24-17-7-1-14(2-8-17)11-26-13-22-12-23-26/h1-8,12-13,18-19,24H,9-11H2,(H,25,27). The molecule has 2 aromatic carbocycles. The minimum atomic E-state index is -0.577. The molecule has 0 bridgehead atoms. The van der Waals surface area contributed by atoms with E-state index in [2.05, 4.69) is 20.7 Å². The molecular weight excluding hydrogens is 345 g/mol. The summed E-state index contributed by atoms with van der Waals surface area (Å²) >= 11 is 0. The molecule has 7 heteroatoms. The first-order chi connectivity index (χ1) is 13.2. The van der Waals surface area contributed by atoms with Crippen molar-refractivity contribution in [1.82, 2.24) is 20.1 Å². The number of carbonyl (C=O) groups is 1. The van der Waals surface area contributed by atoms with Gasteiger partial charge in [-0.05, 0) is 48.2 Å². The topological polar surface area (TPSA) is 71.8 Å². The smallest absolute Gasteiger partial charge is 0.247 e. The summed E-state index contributed by atoms with van der Waals surface area (Å²) in [5.74, 6) is -0.423. The molecule has 1 aliphatic rings. The van der Waals surface area contributed by atoms with Crippen LogP contribution in [-0.2, 0) is 11.3 Å². The second kappa shape index (κ2) is 7.57. The van der Waals surface area contributed by atoms with Crippen molar-refractivity contribution in [3.63, 3.8) is 0 Å². The molecular formula is C20H20FN5O. The first kappa shape index (κ1) is 17.2. The van der Waals surface area contributed by atoms with Crippen LogP contribution in [0, 0.1) is 5.82 Å². The predicted octanol–water partition coefficient (Wildman–Crippen LogP) is 2.90. The molecule has 1 fully saturated rings. The Morgan fingerprint density at radius 2 is 1.89 bits per heavy atom. The lowest BCUT2D eigenvalue weighted by Gasteiger charge is -2.20. The van der Waals surface area contributed by atoms with Crippen molar-refractivity contribution in [2.45, 2.75) is 31.5 Å². The van der Waals surface area contributed by atoms with Crippen molar-refractivity contribution >= 4 is 11.6 Å². The molecule has 3 aromatic rings. The summed E-state index contributed by atoms with van der Waals surface area (Å²) in [7, 11) is 0. The van der Waals surface area contributed by atoms with Gasteiger partial charge in [0.2, 0.25) is 5.91 Å². The Hall–Kier alpha value is -3.22. The number of amides is 1. The third-order valence-corrected chi connectivity index (χ3v) is 4.47. The fourth-order valence-corrected chi connectivity index (χ4v) is 2.84. The van der Waals surface area contributed by atoms with Crippen molar-refractivity contribution in [2.75, 3.05) is 5.32 Å². The summed E-state index contributed by atoms with van der Waals surface area (Å²) in [4.78, 5) is 16.6. The zero-order valence-corrected chi connectivity index (χ0v) is 14.7. The summed E-state index contributed by atoms with van der Waals surface area (Å²) in [6.45, 7) is 0.629. The Morgan fingerprint density at radius 1 is 1.15 bits per heavy atom. The van der Waals surface area contributed by atoms with E-state index in [9.17, 15) is 9.18 Å². The predicted molar refractivity (Wildman–Crippen MR) is 99.5 cm³/mol. The molecule has 0 saturated heterocycles. The molecule has 1 aromatic heterocycles. The molecule has 6 nitrogen and oxygen atoms in total. The molecule has 1 unspecified atom stereocenters. The molecule has 138 valence electrons. The Kier molecular flexibility index (Phi) is 4.82. The molecule has 1 heterocycles. The molecule has 2 N–H and O–H groups in total. The van der Waals surface area contributed by atoms with E-state index in [0.29, 0.717) is 6.54 Å². The molecule has 0 aliphatic heterocycles. The van der Waals surface area contributed by atoms with Gasteiger partial charge < -0.3 is 10.6 Å². The van der Waals surface area contributed by atoms with Gasteiger partial charge in [-0.2, -0.15) is 5.10 Å². The van der Waals surface area contributed by atoms with E-state index in [4.69, 9.17) is 0 Å². The van der Waals surface area contributed by atoms with E-state index >= 15 is 0 Å². The Bertz CT molecular complexity index is 889. The lowest BCUT2D eigenvalue weighted by molar-refractivity contribution is -0.122. The van der Waals surface area contributed by atoms with Crippen LogP contribution in [0.3, 0.4) is 0 Å². The maximum Gasteiger partial charge on any atom is 0.247 e. The first-order valence-corrected chi connectivity index (χ1v) is 8.91. The number of hydrogen-bond donors (Lipinski definition) is 2. The zero-order valence-electron chi connectivity index (χ0n) is 14.7. The summed E-state index contributed by atoms with van der Waals surface area (Å²) in [5, 5.41) is 10.4. The number of halogens is 1. The fourth-order valence-electron chi connectivity index (χ4n) is 2.84. The number of nitrogens with zero attached hydrogens (tertiary/aromatic N) is 3. The molecule has 1 saturated carbocycles.